The molecule has 0 radical (unpaired) electrons. The van der Waals surface area contributed by atoms with Crippen molar-refractivity contribution in [1.82, 2.24) is 15.1 Å². The molecule has 1 aromatic carbocycles. The van der Waals surface area contributed by atoms with Crippen LogP contribution in [-0.2, 0) is 32.9 Å². The van der Waals surface area contributed by atoms with Crippen LogP contribution in [0, 0.1) is 0 Å². The van der Waals surface area contributed by atoms with Gasteiger partial charge in [0.15, 0.2) is 0 Å². The highest BCUT2D eigenvalue weighted by Gasteiger charge is 2.12. The van der Waals surface area contributed by atoms with Gasteiger partial charge in [-0.1, -0.05) is 18.2 Å². The molecule has 3 heteroatoms. The van der Waals surface area contributed by atoms with Crippen LogP contribution in [-0.4, -0.2) is 16.3 Å². The number of aromatic nitrogens is 2. The average Bonchev–Trinajstić information content (AvgIpc) is 2.82. The molecule has 18 heavy (non-hydrogen) atoms. The summed E-state index contributed by atoms with van der Waals surface area (Å²) in [5.74, 6) is 0. The molecular formula is C15H19N3. The Morgan fingerprint density at radius 1 is 1.28 bits per heavy atom. The summed E-state index contributed by atoms with van der Waals surface area (Å²) in [7, 11) is 2.01. The lowest BCUT2D eigenvalue weighted by Gasteiger charge is -2.20. The second kappa shape index (κ2) is 4.94. The maximum absolute atomic E-state index is 4.22. The quantitative estimate of drug-likeness (QED) is 0.889. The van der Waals surface area contributed by atoms with Gasteiger partial charge in [-0.3, -0.25) is 4.68 Å². The molecule has 0 fully saturated rings. The number of aryl methyl sites for hydroxylation is 3. The van der Waals surface area contributed by atoms with Gasteiger partial charge in [0.1, 0.15) is 0 Å². The highest BCUT2D eigenvalue weighted by molar-refractivity contribution is 5.37. The number of hydrogen-bond donors (Lipinski definition) is 1. The third-order valence-corrected chi connectivity index (χ3v) is 3.81. The Balaban J connectivity index is 1.79. The fourth-order valence-corrected chi connectivity index (χ4v) is 2.75. The summed E-state index contributed by atoms with van der Waals surface area (Å²) in [5, 5.41) is 7.66. The predicted octanol–water partition coefficient (Wildman–Crippen LogP) is 1.85. The van der Waals surface area contributed by atoms with E-state index in [1.807, 2.05) is 17.9 Å². The summed E-state index contributed by atoms with van der Waals surface area (Å²) >= 11 is 0. The zero-order valence-electron chi connectivity index (χ0n) is 10.8. The average molecular weight is 241 g/mol. The topological polar surface area (TPSA) is 29.9 Å². The van der Waals surface area contributed by atoms with Crippen LogP contribution in [0.15, 0.2) is 30.5 Å². The van der Waals surface area contributed by atoms with Crippen molar-refractivity contribution in [2.24, 2.45) is 7.05 Å². The molecule has 0 spiro atoms. The van der Waals surface area contributed by atoms with E-state index < -0.39 is 0 Å². The SMILES string of the molecule is Cn1nccc1CCc1cccc2c1CCNC2. The van der Waals surface area contributed by atoms with Crippen molar-refractivity contribution in [1.29, 1.82) is 0 Å². The Hall–Kier alpha value is -1.61. The van der Waals surface area contributed by atoms with Gasteiger partial charge in [-0.05, 0) is 48.6 Å². The van der Waals surface area contributed by atoms with Crippen molar-refractivity contribution in [3.63, 3.8) is 0 Å². The molecule has 2 aromatic rings. The summed E-state index contributed by atoms with van der Waals surface area (Å²) in [6.07, 6.45) is 5.22. The normalized spacial score (nSPS) is 14.5. The largest absolute Gasteiger partial charge is 0.312 e. The monoisotopic (exact) mass is 241 g/mol. The molecule has 3 nitrogen and oxygen atoms in total. The van der Waals surface area contributed by atoms with E-state index >= 15 is 0 Å². The minimum Gasteiger partial charge on any atom is -0.312 e. The lowest BCUT2D eigenvalue weighted by atomic mass is 9.93. The molecule has 1 aromatic heterocycles. The van der Waals surface area contributed by atoms with E-state index in [-0.39, 0.29) is 0 Å². The first-order valence-corrected chi connectivity index (χ1v) is 6.62. The molecular weight excluding hydrogens is 222 g/mol. The van der Waals surface area contributed by atoms with Crippen LogP contribution >= 0.6 is 0 Å². The van der Waals surface area contributed by atoms with Crippen molar-refractivity contribution in [2.45, 2.75) is 25.8 Å². The lowest BCUT2D eigenvalue weighted by Crippen LogP contribution is -2.24. The van der Waals surface area contributed by atoms with Crippen molar-refractivity contribution >= 4 is 0 Å². The smallest absolute Gasteiger partial charge is 0.0492 e. The molecule has 0 aliphatic carbocycles. The summed E-state index contributed by atoms with van der Waals surface area (Å²) in [6.45, 7) is 2.13. The van der Waals surface area contributed by atoms with Crippen LogP contribution in [0.1, 0.15) is 22.4 Å². The summed E-state index contributed by atoms with van der Waals surface area (Å²) in [6, 6.07) is 8.82. The zero-order valence-corrected chi connectivity index (χ0v) is 10.8. The van der Waals surface area contributed by atoms with E-state index in [0.717, 1.165) is 32.4 Å². The second-order valence-corrected chi connectivity index (χ2v) is 4.93. The van der Waals surface area contributed by atoms with Gasteiger partial charge in [0.25, 0.3) is 0 Å². The van der Waals surface area contributed by atoms with E-state index in [9.17, 15) is 0 Å². The van der Waals surface area contributed by atoms with Crippen molar-refractivity contribution in [2.75, 3.05) is 6.54 Å². The Labute approximate surface area is 108 Å². The number of benzene rings is 1. The number of nitrogens with zero attached hydrogens (tertiary/aromatic N) is 2. The number of fused-ring (bicyclic) bond motifs is 1. The van der Waals surface area contributed by atoms with Crippen LogP contribution in [0.2, 0.25) is 0 Å². The van der Waals surface area contributed by atoms with E-state index in [2.05, 4.69) is 34.7 Å². The predicted molar refractivity (Wildman–Crippen MR) is 72.5 cm³/mol. The fraction of sp³-hybridized carbons (Fsp3) is 0.400. The third kappa shape index (κ3) is 2.18. The van der Waals surface area contributed by atoms with Crippen molar-refractivity contribution in [3.8, 4) is 0 Å². The molecule has 0 amide bonds. The van der Waals surface area contributed by atoms with Gasteiger partial charge in [0.05, 0.1) is 0 Å². The summed E-state index contributed by atoms with van der Waals surface area (Å²) < 4.78 is 1.97. The Bertz CT molecular complexity index is 542. The fourth-order valence-electron chi connectivity index (χ4n) is 2.75. The van der Waals surface area contributed by atoms with Crippen LogP contribution < -0.4 is 5.32 Å². The van der Waals surface area contributed by atoms with Crippen molar-refractivity contribution < 1.29 is 0 Å². The maximum atomic E-state index is 4.22. The van der Waals surface area contributed by atoms with E-state index in [0.29, 0.717) is 0 Å². The van der Waals surface area contributed by atoms with Crippen molar-refractivity contribution in [3.05, 3.63) is 52.8 Å². The van der Waals surface area contributed by atoms with Gasteiger partial charge in [-0.15, -0.1) is 0 Å². The molecule has 1 N–H and O–H groups in total. The van der Waals surface area contributed by atoms with Gasteiger partial charge in [-0.2, -0.15) is 5.10 Å². The molecule has 0 bridgehead atoms. The second-order valence-electron chi connectivity index (χ2n) is 4.93. The molecule has 0 atom stereocenters. The Morgan fingerprint density at radius 2 is 2.22 bits per heavy atom. The maximum Gasteiger partial charge on any atom is 0.0492 e. The van der Waals surface area contributed by atoms with Crippen LogP contribution in [0.4, 0.5) is 0 Å². The van der Waals surface area contributed by atoms with Crippen LogP contribution in [0.3, 0.4) is 0 Å². The minimum atomic E-state index is 1.02. The molecule has 3 rings (SSSR count). The zero-order chi connectivity index (χ0) is 12.4. The van der Waals surface area contributed by atoms with Gasteiger partial charge < -0.3 is 5.32 Å². The number of hydrogen-bond acceptors (Lipinski definition) is 2. The van der Waals surface area contributed by atoms with Crippen LogP contribution in [0.25, 0.3) is 0 Å². The highest BCUT2D eigenvalue weighted by Crippen LogP contribution is 2.20. The lowest BCUT2D eigenvalue weighted by molar-refractivity contribution is 0.636. The molecule has 0 saturated carbocycles. The Kier molecular flexibility index (Phi) is 3.15. The minimum absolute atomic E-state index is 1.02. The molecule has 94 valence electrons. The molecule has 1 aliphatic heterocycles. The van der Waals surface area contributed by atoms with Gasteiger partial charge in [-0.25, -0.2) is 0 Å². The van der Waals surface area contributed by atoms with Gasteiger partial charge >= 0.3 is 0 Å². The van der Waals surface area contributed by atoms with E-state index in [1.54, 1.807) is 5.56 Å². The first kappa shape index (κ1) is 11.5. The Morgan fingerprint density at radius 3 is 3.06 bits per heavy atom. The van der Waals surface area contributed by atoms with E-state index in [4.69, 9.17) is 0 Å². The molecule has 2 heterocycles. The highest BCUT2D eigenvalue weighted by atomic mass is 15.2. The summed E-state index contributed by atoms with van der Waals surface area (Å²) in [5.41, 5.74) is 5.86. The van der Waals surface area contributed by atoms with Gasteiger partial charge in [0, 0.05) is 25.5 Å². The third-order valence-electron chi connectivity index (χ3n) is 3.81. The molecule has 0 saturated heterocycles. The van der Waals surface area contributed by atoms with E-state index in [1.165, 1.54) is 16.8 Å². The first-order chi connectivity index (χ1) is 8.84. The molecule has 0 unspecified atom stereocenters. The first-order valence-electron chi connectivity index (χ1n) is 6.62. The number of nitrogens with one attached hydrogen (secondary N) is 1. The van der Waals surface area contributed by atoms with Crippen LogP contribution in [0.5, 0.6) is 0 Å². The summed E-state index contributed by atoms with van der Waals surface area (Å²) in [4.78, 5) is 0. The number of rotatable bonds is 3. The molecule has 1 aliphatic rings. The standard InChI is InChI=1S/C15H19N3/c1-18-14(7-10-17-18)6-5-12-3-2-4-13-11-16-9-8-15(12)13/h2-4,7,10,16H,5-6,8-9,11H2,1H3. The van der Waals surface area contributed by atoms with Gasteiger partial charge in [0.2, 0.25) is 0 Å².